The fraction of sp³-hybridized carbons (Fsp3) is 0.786. The van der Waals surface area contributed by atoms with Crippen molar-refractivity contribution >= 4 is 0 Å². The van der Waals surface area contributed by atoms with Gasteiger partial charge in [0.15, 0.2) is 0 Å². The lowest BCUT2D eigenvalue weighted by atomic mass is 9.98. The summed E-state index contributed by atoms with van der Waals surface area (Å²) in [4.78, 5) is 6.84. The second-order valence-corrected chi connectivity index (χ2v) is 5.62. The molecule has 1 aliphatic rings. The third-order valence-electron chi connectivity index (χ3n) is 3.81. The van der Waals surface area contributed by atoms with Gasteiger partial charge in [0.2, 0.25) is 5.89 Å². The Morgan fingerprint density at radius 1 is 1.56 bits per heavy atom. The number of aromatic nitrogens is 1. The fourth-order valence-electron chi connectivity index (χ4n) is 2.66. The summed E-state index contributed by atoms with van der Waals surface area (Å²) in [7, 11) is 0. The molecule has 0 aromatic carbocycles. The molecule has 1 N–H and O–H groups in total. The molecular weight excluding hydrogens is 226 g/mol. The van der Waals surface area contributed by atoms with Crippen LogP contribution in [0.2, 0.25) is 0 Å². The summed E-state index contributed by atoms with van der Waals surface area (Å²) in [6.45, 7) is 11.7. The second kappa shape index (κ2) is 5.85. The molecular formula is C14H25N3O. The average molecular weight is 251 g/mol. The summed E-state index contributed by atoms with van der Waals surface area (Å²) in [5.74, 6) is 2.38. The average Bonchev–Trinajstić information content (AvgIpc) is 2.74. The molecule has 0 spiro atoms. The highest BCUT2D eigenvalue weighted by atomic mass is 16.4. The lowest BCUT2D eigenvalue weighted by molar-refractivity contribution is 0.0811. The van der Waals surface area contributed by atoms with E-state index in [1.807, 2.05) is 6.92 Å². The fourth-order valence-corrected chi connectivity index (χ4v) is 2.66. The molecule has 2 unspecified atom stereocenters. The zero-order valence-corrected chi connectivity index (χ0v) is 11.9. The van der Waals surface area contributed by atoms with Gasteiger partial charge < -0.3 is 9.73 Å². The van der Waals surface area contributed by atoms with Crippen LogP contribution in [0.25, 0.3) is 0 Å². The van der Waals surface area contributed by atoms with Gasteiger partial charge in [-0.05, 0) is 19.3 Å². The van der Waals surface area contributed by atoms with Gasteiger partial charge in [0, 0.05) is 25.2 Å². The first kappa shape index (κ1) is 13.6. The maximum absolute atomic E-state index is 5.61. The molecule has 1 aromatic rings. The Hall–Kier alpha value is -0.870. The summed E-state index contributed by atoms with van der Waals surface area (Å²) in [5, 5.41) is 3.63. The number of hydrogen-bond donors (Lipinski definition) is 1. The van der Waals surface area contributed by atoms with Crippen LogP contribution in [0.5, 0.6) is 0 Å². The number of nitrogens with zero attached hydrogens (tertiary/aromatic N) is 2. The van der Waals surface area contributed by atoms with E-state index in [1.54, 1.807) is 6.20 Å². The molecule has 1 fully saturated rings. The van der Waals surface area contributed by atoms with E-state index in [0.717, 1.165) is 31.3 Å². The van der Waals surface area contributed by atoms with E-state index in [-0.39, 0.29) is 0 Å². The predicted octanol–water partition coefficient (Wildman–Crippen LogP) is 2.19. The summed E-state index contributed by atoms with van der Waals surface area (Å²) in [6, 6.07) is 1.16. The van der Waals surface area contributed by atoms with Crippen molar-refractivity contribution in [3.05, 3.63) is 17.8 Å². The molecule has 0 aliphatic carbocycles. The quantitative estimate of drug-likeness (QED) is 0.890. The molecule has 4 heteroatoms. The molecule has 4 nitrogen and oxygen atoms in total. The molecule has 2 rings (SSSR count). The van der Waals surface area contributed by atoms with Crippen molar-refractivity contribution in [2.45, 2.75) is 52.7 Å². The highest BCUT2D eigenvalue weighted by Gasteiger charge is 2.29. The molecule has 1 aromatic heterocycles. The van der Waals surface area contributed by atoms with Crippen LogP contribution in [0.4, 0.5) is 0 Å². The topological polar surface area (TPSA) is 41.3 Å². The van der Waals surface area contributed by atoms with Gasteiger partial charge in [0.05, 0.1) is 12.7 Å². The van der Waals surface area contributed by atoms with E-state index in [1.165, 1.54) is 6.42 Å². The van der Waals surface area contributed by atoms with Gasteiger partial charge in [-0.15, -0.1) is 0 Å². The van der Waals surface area contributed by atoms with E-state index < -0.39 is 0 Å². The van der Waals surface area contributed by atoms with Crippen LogP contribution in [0.1, 0.15) is 38.8 Å². The normalized spacial score (nSPS) is 25.8. The summed E-state index contributed by atoms with van der Waals surface area (Å²) >= 11 is 0. The van der Waals surface area contributed by atoms with Crippen LogP contribution in [-0.4, -0.2) is 35.1 Å². The molecule has 2 heterocycles. The maximum Gasteiger partial charge on any atom is 0.208 e. The Kier molecular flexibility index (Phi) is 4.40. The van der Waals surface area contributed by atoms with Crippen LogP contribution in [0.3, 0.4) is 0 Å². The number of nitrogens with one attached hydrogen (secondary N) is 1. The van der Waals surface area contributed by atoms with Crippen molar-refractivity contribution in [1.29, 1.82) is 0 Å². The molecule has 0 amide bonds. The van der Waals surface area contributed by atoms with E-state index in [0.29, 0.717) is 18.0 Å². The van der Waals surface area contributed by atoms with Gasteiger partial charge in [0.25, 0.3) is 0 Å². The Morgan fingerprint density at radius 2 is 2.33 bits per heavy atom. The van der Waals surface area contributed by atoms with Crippen molar-refractivity contribution in [3.8, 4) is 0 Å². The molecule has 0 bridgehead atoms. The first-order valence-corrected chi connectivity index (χ1v) is 6.99. The van der Waals surface area contributed by atoms with Crippen LogP contribution in [-0.2, 0) is 6.54 Å². The largest absolute Gasteiger partial charge is 0.445 e. The van der Waals surface area contributed by atoms with Crippen molar-refractivity contribution in [2.75, 3.05) is 13.1 Å². The van der Waals surface area contributed by atoms with E-state index in [2.05, 4.69) is 36.0 Å². The smallest absolute Gasteiger partial charge is 0.208 e. The van der Waals surface area contributed by atoms with Crippen molar-refractivity contribution in [1.82, 2.24) is 15.2 Å². The first-order chi connectivity index (χ1) is 8.60. The summed E-state index contributed by atoms with van der Waals surface area (Å²) in [6.07, 6.45) is 2.98. The predicted molar refractivity (Wildman–Crippen MR) is 72.4 cm³/mol. The molecule has 1 saturated heterocycles. The minimum absolute atomic E-state index is 0.569. The number of aryl methyl sites for hydroxylation is 1. The number of piperazine rings is 1. The Bertz CT molecular complexity index is 375. The number of hydrogen-bond acceptors (Lipinski definition) is 4. The number of oxazole rings is 1. The van der Waals surface area contributed by atoms with Gasteiger partial charge in [-0.25, -0.2) is 4.98 Å². The van der Waals surface area contributed by atoms with Gasteiger partial charge in [0.1, 0.15) is 5.76 Å². The molecule has 102 valence electrons. The first-order valence-electron chi connectivity index (χ1n) is 6.99. The Morgan fingerprint density at radius 3 is 2.89 bits per heavy atom. The van der Waals surface area contributed by atoms with Crippen LogP contribution in [0.15, 0.2) is 10.6 Å². The lowest BCUT2D eigenvalue weighted by Crippen LogP contribution is -2.57. The van der Waals surface area contributed by atoms with Crippen LogP contribution in [0, 0.1) is 12.8 Å². The van der Waals surface area contributed by atoms with E-state index >= 15 is 0 Å². The van der Waals surface area contributed by atoms with Crippen molar-refractivity contribution < 1.29 is 4.42 Å². The zero-order chi connectivity index (χ0) is 13.1. The standard InChI is InChI=1S/C14H25N3O/c1-5-12-8-17(13(7-15-12)10(2)3)9-14-16-6-11(4)18-14/h6,10,12-13,15H,5,7-9H2,1-4H3. The molecule has 0 radical (unpaired) electrons. The van der Waals surface area contributed by atoms with Gasteiger partial charge in [-0.3, -0.25) is 4.90 Å². The van der Waals surface area contributed by atoms with Gasteiger partial charge in [-0.2, -0.15) is 0 Å². The molecule has 18 heavy (non-hydrogen) atoms. The highest BCUT2D eigenvalue weighted by molar-refractivity contribution is 4.94. The summed E-state index contributed by atoms with van der Waals surface area (Å²) in [5.41, 5.74) is 0. The van der Waals surface area contributed by atoms with Crippen molar-refractivity contribution in [2.24, 2.45) is 5.92 Å². The molecule has 1 aliphatic heterocycles. The Balaban J connectivity index is 2.04. The van der Waals surface area contributed by atoms with Crippen LogP contribution < -0.4 is 5.32 Å². The third kappa shape index (κ3) is 3.12. The van der Waals surface area contributed by atoms with E-state index in [4.69, 9.17) is 4.42 Å². The molecule has 2 atom stereocenters. The zero-order valence-electron chi connectivity index (χ0n) is 11.9. The molecule has 0 saturated carbocycles. The monoisotopic (exact) mass is 251 g/mol. The minimum atomic E-state index is 0.569. The minimum Gasteiger partial charge on any atom is -0.445 e. The van der Waals surface area contributed by atoms with Gasteiger partial charge in [-0.1, -0.05) is 20.8 Å². The van der Waals surface area contributed by atoms with Crippen molar-refractivity contribution in [3.63, 3.8) is 0 Å². The Labute approximate surface area is 110 Å². The number of rotatable bonds is 4. The highest BCUT2D eigenvalue weighted by Crippen LogP contribution is 2.19. The SMILES string of the molecule is CCC1CN(Cc2ncc(C)o2)C(C(C)C)CN1. The maximum atomic E-state index is 5.61. The second-order valence-electron chi connectivity index (χ2n) is 5.62. The third-order valence-corrected chi connectivity index (χ3v) is 3.81. The van der Waals surface area contributed by atoms with Crippen LogP contribution >= 0.6 is 0 Å². The lowest BCUT2D eigenvalue weighted by Gasteiger charge is -2.41. The summed E-state index contributed by atoms with van der Waals surface area (Å²) < 4.78 is 5.61. The van der Waals surface area contributed by atoms with E-state index in [9.17, 15) is 0 Å². The van der Waals surface area contributed by atoms with Gasteiger partial charge >= 0.3 is 0 Å².